The third kappa shape index (κ3) is 2.33. The minimum absolute atomic E-state index is 0.116. The fraction of sp³-hybridized carbons (Fsp3) is 0.438. The number of para-hydroxylation sites is 1. The molecule has 1 heteroatoms. The summed E-state index contributed by atoms with van der Waals surface area (Å²) >= 11 is 0. The lowest BCUT2D eigenvalue weighted by atomic mass is 10.00. The maximum Gasteiger partial charge on any atom is 0.212 e. The number of fused-ring (bicyclic) bond motifs is 1. The van der Waals surface area contributed by atoms with Crippen LogP contribution in [0.5, 0.6) is 0 Å². The van der Waals surface area contributed by atoms with Crippen LogP contribution in [0.1, 0.15) is 46.1 Å². The zero-order valence-electron chi connectivity index (χ0n) is 11.5. The van der Waals surface area contributed by atoms with Gasteiger partial charge in [-0.15, -0.1) is 0 Å². The van der Waals surface area contributed by atoms with E-state index in [2.05, 4.69) is 75.7 Å². The standard InChI is InChI=1S/C16H22N/c1-12(2)14-10-13-8-6-7-9-15(13)17(11-14)16(3,4)5/h6-12H,1-5H3/q+1. The Morgan fingerprint density at radius 3 is 2.29 bits per heavy atom. The minimum Gasteiger partial charge on any atom is -0.194 e. The Bertz CT molecular complexity index is 533. The summed E-state index contributed by atoms with van der Waals surface area (Å²) < 4.78 is 2.39. The lowest BCUT2D eigenvalue weighted by Gasteiger charge is -2.17. The molecule has 0 bridgehead atoms. The van der Waals surface area contributed by atoms with Gasteiger partial charge in [0.15, 0.2) is 11.7 Å². The predicted molar refractivity (Wildman–Crippen MR) is 73.2 cm³/mol. The minimum atomic E-state index is 0.116. The molecule has 1 heterocycles. The molecular formula is C16H22N+. The maximum absolute atomic E-state index is 2.39. The highest BCUT2D eigenvalue weighted by atomic mass is 15.0. The van der Waals surface area contributed by atoms with Gasteiger partial charge in [0.25, 0.3) is 0 Å². The van der Waals surface area contributed by atoms with Crippen LogP contribution in [-0.4, -0.2) is 0 Å². The zero-order valence-corrected chi connectivity index (χ0v) is 11.5. The molecule has 0 aliphatic carbocycles. The molecule has 1 aromatic carbocycles. The molecule has 1 nitrogen and oxygen atoms in total. The smallest absolute Gasteiger partial charge is 0.194 e. The molecule has 0 saturated heterocycles. The molecule has 17 heavy (non-hydrogen) atoms. The Kier molecular flexibility index (Phi) is 2.94. The molecule has 0 saturated carbocycles. The molecular weight excluding hydrogens is 206 g/mol. The number of hydrogen-bond donors (Lipinski definition) is 0. The fourth-order valence-electron chi connectivity index (χ4n) is 2.14. The summed E-state index contributed by atoms with van der Waals surface area (Å²) in [6.07, 6.45) is 2.30. The molecule has 0 aliphatic rings. The van der Waals surface area contributed by atoms with E-state index in [1.54, 1.807) is 0 Å². The van der Waals surface area contributed by atoms with Gasteiger partial charge in [-0.3, -0.25) is 0 Å². The molecule has 0 amide bonds. The molecule has 0 spiro atoms. The van der Waals surface area contributed by atoms with Gasteiger partial charge in [0.05, 0.1) is 0 Å². The van der Waals surface area contributed by atoms with E-state index in [0.29, 0.717) is 5.92 Å². The topological polar surface area (TPSA) is 3.88 Å². The van der Waals surface area contributed by atoms with Crippen molar-refractivity contribution in [3.8, 4) is 0 Å². The van der Waals surface area contributed by atoms with Crippen molar-refractivity contribution >= 4 is 10.9 Å². The highest BCUT2D eigenvalue weighted by molar-refractivity contribution is 5.76. The molecule has 90 valence electrons. The van der Waals surface area contributed by atoms with Gasteiger partial charge in [0, 0.05) is 37.8 Å². The van der Waals surface area contributed by atoms with Crippen LogP contribution in [0.25, 0.3) is 10.9 Å². The van der Waals surface area contributed by atoms with Crippen molar-refractivity contribution in [1.29, 1.82) is 0 Å². The Balaban J connectivity index is 2.79. The fourth-order valence-corrected chi connectivity index (χ4v) is 2.14. The van der Waals surface area contributed by atoms with Crippen LogP contribution in [-0.2, 0) is 5.54 Å². The summed E-state index contributed by atoms with van der Waals surface area (Å²) in [7, 11) is 0. The van der Waals surface area contributed by atoms with Crippen LogP contribution in [0.4, 0.5) is 0 Å². The van der Waals surface area contributed by atoms with E-state index in [4.69, 9.17) is 0 Å². The van der Waals surface area contributed by atoms with Crippen LogP contribution in [0.2, 0.25) is 0 Å². The first-order valence-electron chi connectivity index (χ1n) is 6.34. The first-order valence-corrected chi connectivity index (χ1v) is 6.34. The third-order valence-electron chi connectivity index (χ3n) is 3.19. The monoisotopic (exact) mass is 228 g/mol. The summed E-state index contributed by atoms with van der Waals surface area (Å²) in [5.41, 5.74) is 2.83. The van der Waals surface area contributed by atoms with E-state index in [-0.39, 0.29) is 5.54 Å². The molecule has 0 unspecified atom stereocenters. The Hall–Kier alpha value is -1.37. The van der Waals surface area contributed by atoms with E-state index < -0.39 is 0 Å². The van der Waals surface area contributed by atoms with E-state index in [9.17, 15) is 0 Å². The van der Waals surface area contributed by atoms with Crippen molar-refractivity contribution < 1.29 is 4.57 Å². The number of hydrogen-bond acceptors (Lipinski definition) is 0. The largest absolute Gasteiger partial charge is 0.212 e. The van der Waals surface area contributed by atoms with Crippen LogP contribution >= 0.6 is 0 Å². The number of aromatic nitrogens is 1. The van der Waals surface area contributed by atoms with Gasteiger partial charge in [0.1, 0.15) is 0 Å². The average Bonchev–Trinajstić information content (AvgIpc) is 2.26. The number of nitrogens with zero attached hydrogens (tertiary/aromatic N) is 1. The summed E-state index contributed by atoms with van der Waals surface area (Å²) in [4.78, 5) is 0. The highest BCUT2D eigenvalue weighted by Gasteiger charge is 2.25. The summed E-state index contributed by atoms with van der Waals surface area (Å²) in [5, 5.41) is 1.33. The SMILES string of the molecule is CC(C)c1cc2ccccc2[n+](C(C)(C)C)c1. The van der Waals surface area contributed by atoms with Crippen LogP contribution in [0, 0.1) is 0 Å². The maximum atomic E-state index is 2.39. The lowest BCUT2D eigenvalue weighted by Crippen LogP contribution is -2.50. The molecule has 2 rings (SSSR count). The summed E-state index contributed by atoms with van der Waals surface area (Å²) in [6, 6.07) is 10.9. The first kappa shape index (κ1) is 12.1. The molecule has 0 radical (unpaired) electrons. The second-order valence-corrected chi connectivity index (χ2v) is 6.03. The van der Waals surface area contributed by atoms with Crippen LogP contribution < -0.4 is 4.57 Å². The molecule has 1 aromatic heterocycles. The molecule has 0 fully saturated rings. The lowest BCUT2D eigenvalue weighted by molar-refractivity contribution is -0.731. The third-order valence-corrected chi connectivity index (χ3v) is 3.19. The summed E-state index contributed by atoms with van der Waals surface area (Å²) in [5.74, 6) is 0.563. The van der Waals surface area contributed by atoms with Crippen molar-refractivity contribution in [3.63, 3.8) is 0 Å². The van der Waals surface area contributed by atoms with Crippen molar-refractivity contribution in [1.82, 2.24) is 0 Å². The quantitative estimate of drug-likeness (QED) is 0.649. The predicted octanol–water partition coefficient (Wildman–Crippen LogP) is 4.01. The van der Waals surface area contributed by atoms with Gasteiger partial charge in [-0.05, 0) is 18.1 Å². The highest BCUT2D eigenvalue weighted by Crippen LogP contribution is 2.20. The van der Waals surface area contributed by atoms with E-state index in [1.807, 2.05) is 0 Å². The number of pyridine rings is 1. The number of rotatable bonds is 1. The van der Waals surface area contributed by atoms with Gasteiger partial charge >= 0.3 is 0 Å². The Morgan fingerprint density at radius 1 is 1.06 bits per heavy atom. The van der Waals surface area contributed by atoms with Gasteiger partial charge in [-0.1, -0.05) is 26.0 Å². The van der Waals surface area contributed by atoms with Gasteiger partial charge in [-0.2, -0.15) is 4.57 Å². The number of benzene rings is 1. The van der Waals surface area contributed by atoms with E-state index in [0.717, 1.165) is 0 Å². The van der Waals surface area contributed by atoms with Crippen molar-refractivity contribution in [3.05, 3.63) is 42.1 Å². The molecule has 0 atom stereocenters. The van der Waals surface area contributed by atoms with Crippen molar-refractivity contribution in [2.45, 2.75) is 46.1 Å². The molecule has 0 aliphatic heterocycles. The second-order valence-electron chi connectivity index (χ2n) is 6.03. The van der Waals surface area contributed by atoms with Crippen LogP contribution in [0.15, 0.2) is 36.5 Å². The Labute approximate surface area is 104 Å². The molecule has 0 N–H and O–H groups in total. The first-order chi connectivity index (χ1) is 7.89. The molecule has 2 aromatic rings. The zero-order chi connectivity index (χ0) is 12.6. The van der Waals surface area contributed by atoms with E-state index in [1.165, 1.54) is 16.5 Å². The van der Waals surface area contributed by atoms with Gasteiger partial charge < -0.3 is 0 Å². The second kappa shape index (κ2) is 4.14. The van der Waals surface area contributed by atoms with Crippen molar-refractivity contribution in [2.24, 2.45) is 0 Å². The average molecular weight is 228 g/mol. The normalized spacial score (nSPS) is 12.4. The van der Waals surface area contributed by atoms with Gasteiger partial charge in [-0.25, -0.2) is 0 Å². The summed E-state index contributed by atoms with van der Waals surface area (Å²) in [6.45, 7) is 11.3. The Morgan fingerprint density at radius 2 is 1.71 bits per heavy atom. The van der Waals surface area contributed by atoms with E-state index >= 15 is 0 Å². The van der Waals surface area contributed by atoms with Gasteiger partial charge in [0.2, 0.25) is 5.52 Å². The van der Waals surface area contributed by atoms with Crippen LogP contribution in [0.3, 0.4) is 0 Å². The van der Waals surface area contributed by atoms with Crippen molar-refractivity contribution in [2.75, 3.05) is 0 Å².